The zero-order chi connectivity index (χ0) is 10.5. The van der Waals surface area contributed by atoms with Crippen molar-refractivity contribution in [3.8, 4) is 0 Å². The van der Waals surface area contributed by atoms with E-state index in [-0.39, 0.29) is 5.60 Å². The molecule has 0 amide bonds. The first-order valence-electron chi connectivity index (χ1n) is 5.93. The van der Waals surface area contributed by atoms with E-state index in [2.05, 4.69) is 0 Å². The fraction of sp³-hybridized carbons (Fsp3) is 1.00. The number of sulfone groups is 1. The molecule has 1 saturated carbocycles. The van der Waals surface area contributed by atoms with Crippen molar-refractivity contribution < 1.29 is 13.2 Å². The third kappa shape index (κ3) is 1.94. The maximum atomic E-state index is 11.4. The van der Waals surface area contributed by atoms with Crippen molar-refractivity contribution >= 4 is 9.84 Å². The van der Waals surface area contributed by atoms with Gasteiger partial charge in [0.15, 0.2) is 9.84 Å². The molecule has 3 nitrogen and oxygen atoms in total. The highest BCUT2D eigenvalue weighted by atomic mass is 32.2. The largest absolute Gasteiger partial charge is 0.375 e. The molecule has 0 radical (unpaired) electrons. The van der Waals surface area contributed by atoms with Gasteiger partial charge in [0.2, 0.25) is 0 Å². The molecule has 86 valence electrons. The van der Waals surface area contributed by atoms with Gasteiger partial charge in [-0.15, -0.1) is 0 Å². The van der Waals surface area contributed by atoms with E-state index in [1.807, 2.05) is 0 Å². The molecule has 0 N–H and O–H groups in total. The quantitative estimate of drug-likeness (QED) is 0.631. The van der Waals surface area contributed by atoms with Crippen LogP contribution in [0.4, 0.5) is 0 Å². The van der Waals surface area contributed by atoms with Crippen molar-refractivity contribution in [2.24, 2.45) is 11.8 Å². The summed E-state index contributed by atoms with van der Waals surface area (Å²) in [6, 6.07) is 0. The third-order valence-corrected chi connectivity index (χ3v) is 6.03. The molecule has 0 unspecified atom stereocenters. The molecule has 3 aliphatic rings. The van der Waals surface area contributed by atoms with Crippen LogP contribution in [0.1, 0.15) is 32.1 Å². The molecule has 0 aromatic rings. The van der Waals surface area contributed by atoms with Gasteiger partial charge in [0.1, 0.15) is 0 Å². The van der Waals surface area contributed by atoms with E-state index < -0.39 is 9.84 Å². The molecule has 4 heteroatoms. The molecule has 1 aliphatic carbocycles. The lowest BCUT2D eigenvalue weighted by molar-refractivity contribution is -0.0562. The second-order valence-corrected chi connectivity index (χ2v) is 7.74. The van der Waals surface area contributed by atoms with Crippen LogP contribution in [-0.2, 0) is 14.6 Å². The summed E-state index contributed by atoms with van der Waals surface area (Å²) >= 11 is 0. The monoisotopic (exact) mass is 230 g/mol. The summed E-state index contributed by atoms with van der Waals surface area (Å²) in [5, 5.41) is 0. The molecular weight excluding hydrogens is 212 g/mol. The lowest BCUT2D eigenvalue weighted by atomic mass is 9.90. The van der Waals surface area contributed by atoms with Crippen LogP contribution >= 0.6 is 0 Å². The topological polar surface area (TPSA) is 43.4 Å². The van der Waals surface area contributed by atoms with E-state index in [1.165, 1.54) is 12.8 Å². The first-order chi connectivity index (χ1) is 7.09. The first-order valence-corrected chi connectivity index (χ1v) is 7.75. The van der Waals surface area contributed by atoms with E-state index >= 15 is 0 Å². The minimum Gasteiger partial charge on any atom is -0.375 e. The molecule has 2 atom stereocenters. The average Bonchev–Trinajstić information content (AvgIpc) is 2.93. The van der Waals surface area contributed by atoms with Gasteiger partial charge in [0, 0.05) is 0 Å². The molecule has 0 bridgehead atoms. The second kappa shape index (κ2) is 3.20. The Morgan fingerprint density at radius 3 is 2.53 bits per heavy atom. The summed E-state index contributed by atoms with van der Waals surface area (Å²) in [4.78, 5) is 0. The van der Waals surface area contributed by atoms with Crippen LogP contribution in [0.3, 0.4) is 0 Å². The van der Waals surface area contributed by atoms with Crippen LogP contribution in [0, 0.1) is 11.8 Å². The van der Waals surface area contributed by atoms with E-state index in [9.17, 15) is 8.42 Å². The van der Waals surface area contributed by atoms with E-state index in [1.54, 1.807) is 0 Å². The number of hydrogen-bond acceptors (Lipinski definition) is 3. The zero-order valence-corrected chi connectivity index (χ0v) is 9.76. The molecule has 15 heavy (non-hydrogen) atoms. The fourth-order valence-corrected chi connectivity index (χ4v) is 4.55. The molecule has 2 saturated heterocycles. The summed E-state index contributed by atoms with van der Waals surface area (Å²) < 4.78 is 28.8. The summed E-state index contributed by atoms with van der Waals surface area (Å²) in [5.41, 5.74) is -0.0707. The van der Waals surface area contributed by atoms with Crippen LogP contribution in [0.2, 0.25) is 0 Å². The molecule has 0 aromatic heterocycles. The van der Waals surface area contributed by atoms with Gasteiger partial charge in [-0.25, -0.2) is 8.42 Å². The lowest BCUT2D eigenvalue weighted by Gasteiger charge is -2.36. The highest BCUT2D eigenvalue weighted by Crippen LogP contribution is 2.49. The summed E-state index contributed by atoms with van der Waals surface area (Å²) in [5.74, 6) is 2.36. The average molecular weight is 230 g/mol. The maximum absolute atomic E-state index is 11.4. The van der Waals surface area contributed by atoms with Gasteiger partial charge in [0.25, 0.3) is 0 Å². The number of rotatable bonds is 0. The summed E-state index contributed by atoms with van der Waals surface area (Å²) in [6.45, 7) is 0.880. The van der Waals surface area contributed by atoms with Gasteiger partial charge in [-0.2, -0.15) is 0 Å². The van der Waals surface area contributed by atoms with Crippen LogP contribution in [0.25, 0.3) is 0 Å². The lowest BCUT2D eigenvalue weighted by Crippen LogP contribution is -2.41. The van der Waals surface area contributed by atoms with Crippen molar-refractivity contribution in [1.82, 2.24) is 0 Å². The van der Waals surface area contributed by atoms with Crippen molar-refractivity contribution in [3.05, 3.63) is 0 Å². The normalized spacial score (nSPS) is 41.9. The zero-order valence-electron chi connectivity index (χ0n) is 8.94. The highest BCUT2D eigenvalue weighted by molar-refractivity contribution is 7.91. The molecular formula is C11H18O3S. The highest BCUT2D eigenvalue weighted by Gasteiger charge is 2.46. The molecule has 1 spiro atoms. The van der Waals surface area contributed by atoms with Crippen LogP contribution in [-0.4, -0.2) is 32.1 Å². The Morgan fingerprint density at radius 2 is 1.80 bits per heavy atom. The summed E-state index contributed by atoms with van der Waals surface area (Å²) in [6.07, 6.45) is 5.15. The molecule has 3 fully saturated rings. The molecule has 0 aromatic carbocycles. The van der Waals surface area contributed by atoms with Crippen molar-refractivity contribution in [1.29, 1.82) is 0 Å². The van der Waals surface area contributed by atoms with Crippen molar-refractivity contribution in [2.75, 3.05) is 18.1 Å². The van der Waals surface area contributed by atoms with Crippen LogP contribution in [0.15, 0.2) is 0 Å². The van der Waals surface area contributed by atoms with Gasteiger partial charge >= 0.3 is 0 Å². The second-order valence-electron chi connectivity index (χ2n) is 5.44. The van der Waals surface area contributed by atoms with E-state index in [0.29, 0.717) is 11.5 Å². The smallest absolute Gasteiger partial charge is 0.150 e. The van der Waals surface area contributed by atoms with Gasteiger partial charge < -0.3 is 4.74 Å². The number of hydrogen-bond donors (Lipinski definition) is 0. The van der Waals surface area contributed by atoms with E-state index in [0.717, 1.165) is 37.7 Å². The Labute approximate surface area is 91.1 Å². The Bertz CT molecular complexity index is 332. The molecule has 3 rings (SSSR count). The van der Waals surface area contributed by atoms with Crippen LogP contribution < -0.4 is 0 Å². The van der Waals surface area contributed by atoms with Crippen molar-refractivity contribution in [3.63, 3.8) is 0 Å². The van der Waals surface area contributed by atoms with Gasteiger partial charge in [0.05, 0.1) is 23.7 Å². The molecule has 2 aliphatic heterocycles. The van der Waals surface area contributed by atoms with Crippen LogP contribution in [0.5, 0.6) is 0 Å². The first kappa shape index (κ1) is 10.1. The predicted molar refractivity (Wildman–Crippen MR) is 57.4 cm³/mol. The number of ether oxygens (including phenoxy) is 1. The Morgan fingerprint density at radius 1 is 1.07 bits per heavy atom. The Hall–Kier alpha value is -0.0900. The van der Waals surface area contributed by atoms with Gasteiger partial charge in [-0.05, 0) is 43.9 Å². The predicted octanol–water partition coefficient (Wildman–Crippen LogP) is 1.38. The fourth-order valence-electron chi connectivity index (χ4n) is 2.98. The minimum atomic E-state index is -2.75. The Kier molecular flexibility index (Phi) is 2.15. The minimum absolute atomic E-state index is 0.0707. The maximum Gasteiger partial charge on any atom is 0.150 e. The van der Waals surface area contributed by atoms with Gasteiger partial charge in [-0.3, -0.25) is 0 Å². The standard InChI is InChI=1S/C11H18O3S/c12-15(13)5-3-11(4-6-15)2-1-9-7-10(9)8-14-11/h9-10H,1-8H2/t9-,10+/m1/s1. The van der Waals surface area contributed by atoms with Gasteiger partial charge in [-0.1, -0.05) is 0 Å². The number of fused-ring (bicyclic) bond motifs is 1. The summed E-state index contributed by atoms with van der Waals surface area (Å²) in [7, 11) is -2.75. The van der Waals surface area contributed by atoms with E-state index in [4.69, 9.17) is 4.74 Å². The Balaban J connectivity index is 1.70. The third-order valence-electron chi connectivity index (χ3n) is 4.38. The molecule has 2 heterocycles. The van der Waals surface area contributed by atoms with Crippen molar-refractivity contribution in [2.45, 2.75) is 37.7 Å². The SMILES string of the molecule is O=S1(=O)CCC2(CC[C@@H]3C[C@H]3CO2)CC1.